The highest BCUT2D eigenvalue weighted by Gasteiger charge is 2.34. The number of hydrogen-bond acceptors (Lipinski definition) is 5. The molecule has 0 unspecified atom stereocenters. The Morgan fingerprint density at radius 3 is 1.86 bits per heavy atom. The summed E-state index contributed by atoms with van der Waals surface area (Å²) in [6.07, 6.45) is 0.261. The van der Waals surface area contributed by atoms with Crippen LogP contribution in [0.2, 0.25) is 0 Å². The van der Waals surface area contributed by atoms with Crippen molar-refractivity contribution in [1.82, 2.24) is 10.2 Å². The summed E-state index contributed by atoms with van der Waals surface area (Å²) in [5, 5.41) is 3.00. The summed E-state index contributed by atoms with van der Waals surface area (Å²) in [6, 6.07) is 32.5. The maximum absolute atomic E-state index is 14.4. The monoisotopic (exact) mass is 613 g/mol. The summed E-state index contributed by atoms with van der Waals surface area (Å²) >= 11 is 0. The molecule has 1 atom stereocenters. The molecule has 4 aromatic rings. The first kappa shape index (κ1) is 32.3. The van der Waals surface area contributed by atoms with Crippen molar-refractivity contribution in [2.45, 2.75) is 37.8 Å². The van der Waals surface area contributed by atoms with Crippen LogP contribution in [-0.2, 0) is 32.6 Å². The molecule has 0 aliphatic heterocycles. The molecule has 8 nitrogen and oxygen atoms in total. The van der Waals surface area contributed by atoms with Crippen LogP contribution in [0.1, 0.15) is 25.0 Å². The van der Waals surface area contributed by atoms with E-state index in [0.717, 1.165) is 15.4 Å². The van der Waals surface area contributed by atoms with Gasteiger partial charge in [-0.25, -0.2) is 8.42 Å². The van der Waals surface area contributed by atoms with Crippen molar-refractivity contribution in [3.05, 3.63) is 126 Å². The van der Waals surface area contributed by atoms with E-state index in [0.29, 0.717) is 18.0 Å². The number of hydrogen-bond donors (Lipinski definition) is 1. The fraction of sp³-hybridized carbons (Fsp3) is 0.257. The number of anilines is 1. The van der Waals surface area contributed by atoms with Gasteiger partial charge in [-0.1, -0.05) is 92.7 Å². The zero-order valence-electron chi connectivity index (χ0n) is 25.3. The predicted molar refractivity (Wildman–Crippen MR) is 173 cm³/mol. The molecule has 0 spiro atoms. The molecule has 0 aliphatic carbocycles. The molecule has 0 radical (unpaired) electrons. The van der Waals surface area contributed by atoms with Gasteiger partial charge in [0.05, 0.1) is 17.7 Å². The van der Waals surface area contributed by atoms with Crippen LogP contribution in [0.25, 0.3) is 0 Å². The van der Waals surface area contributed by atoms with Gasteiger partial charge in [-0.15, -0.1) is 0 Å². The van der Waals surface area contributed by atoms with E-state index in [1.165, 1.54) is 24.1 Å². The van der Waals surface area contributed by atoms with E-state index in [1.54, 1.807) is 42.5 Å². The molecular weight excluding hydrogens is 574 g/mol. The minimum atomic E-state index is -4.16. The quantitative estimate of drug-likeness (QED) is 0.208. The second kappa shape index (κ2) is 15.2. The Morgan fingerprint density at radius 2 is 1.32 bits per heavy atom. The van der Waals surface area contributed by atoms with Gasteiger partial charge in [-0.05, 0) is 53.4 Å². The number of carbonyl (C=O) groups excluding carboxylic acids is 2. The van der Waals surface area contributed by atoms with Gasteiger partial charge in [0.2, 0.25) is 11.8 Å². The second-order valence-corrected chi connectivity index (χ2v) is 12.7. The molecule has 230 valence electrons. The molecule has 44 heavy (non-hydrogen) atoms. The van der Waals surface area contributed by atoms with Crippen LogP contribution in [0.3, 0.4) is 0 Å². The zero-order chi connectivity index (χ0) is 31.5. The number of ether oxygens (including phenoxy) is 1. The molecule has 0 fully saturated rings. The molecule has 1 N–H and O–H groups in total. The van der Waals surface area contributed by atoms with E-state index in [1.807, 2.05) is 74.5 Å². The molecule has 4 rings (SSSR count). The largest absolute Gasteiger partial charge is 0.497 e. The molecular formula is C35H39N3O5S. The molecule has 0 heterocycles. The van der Waals surface area contributed by atoms with Gasteiger partial charge in [-0.3, -0.25) is 13.9 Å². The molecule has 4 aromatic carbocycles. The first-order chi connectivity index (χ1) is 21.2. The fourth-order valence-corrected chi connectivity index (χ4v) is 6.19. The van der Waals surface area contributed by atoms with Crippen molar-refractivity contribution in [2.75, 3.05) is 24.5 Å². The molecule has 0 bridgehead atoms. The summed E-state index contributed by atoms with van der Waals surface area (Å²) in [5.41, 5.74) is 2.00. The highest BCUT2D eigenvalue weighted by molar-refractivity contribution is 7.92. The fourth-order valence-electron chi connectivity index (χ4n) is 4.75. The topological polar surface area (TPSA) is 96.0 Å². The SMILES string of the molecule is COc1ccc(N(CC(=O)N(Cc2ccccc2)[C@@H](Cc2ccccc2)C(=O)NCC(C)C)S(=O)(=O)c2ccccc2)cc1. The number of benzene rings is 4. The van der Waals surface area contributed by atoms with Gasteiger partial charge in [0.15, 0.2) is 0 Å². The van der Waals surface area contributed by atoms with Crippen molar-refractivity contribution in [1.29, 1.82) is 0 Å². The van der Waals surface area contributed by atoms with Crippen molar-refractivity contribution >= 4 is 27.5 Å². The van der Waals surface area contributed by atoms with Crippen LogP contribution in [0.4, 0.5) is 5.69 Å². The van der Waals surface area contributed by atoms with Crippen LogP contribution >= 0.6 is 0 Å². The number of amides is 2. The molecule has 0 aliphatic rings. The average Bonchev–Trinajstić information content (AvgIpc) is 3.05. The average molecular weight is 614 g/mol. The smallest absolute Gasteiger partial charge is 0.264 e. The Balaban J connectivity index is 1.77. The third-order valence-electron chi connectivity index (χ3n) is 7.12. The normalized spacial score (nSPS) is 11.9. The Bertz CT molecular complexity index is 1600. The standard InChI is InChI=1S/C35H39N3O5S/c1-27(2)24-36-35(40)33(23-28-13-7-4-8-14-28)37(25-29-15-9-5-10-16-29)34(39)26-38(30-19-21-31(43-3)22-20-30)44(41,42)32-17-11-6-12-18-32/h4-22,27,33H,23-26H2,1-3H3,(H,36,40)/t33-/m0/s1. The number of sulfonamides is 1. The summed E-state index contributed by atoms with van der Waals surface area (Å²) in [4.78, 5) is 29.7. The van der Waals surface area contributed by atoms with E-state index < -0.39 is 28.5 Å². The molecule has 0 aromatic heterocycles. The van der Waals surface area contributed by atoms with Crippen LogP contribution in [-0.4, -0.2) is 51.4 Å². The first-order valence-corrected chi connectivity index (χ1v) is 16.0. The minimum absolute atomic E-state index is 0.0498. The highest BCUT2D eigenvalue weighted by Crippen LogP contribution is 2.27. The molecule has 9 heteroatoms. The summed E-state index contributed by atoms with van der Waals surface area (Å²) in [5.74, 6) is -0.0534. The van der Waals surface area contributed by atoms with Crippen LogP contribution in [0.15, 0.2) is 120 Å². The Hall–Kier alpha value is -4.63. The highest BCUT2D eigenvalue weighted by atomic mass is 32.2. The van der Waals surface area contributed by atoms with Crippen LogP contribution in [0, 0.1) is 5.92 Å². The summed E-state index contributed by atoms with van der Waals surface area (Å²) in [7, 11) is -2.63. The van der Waals surface area contributed by atoms with Crippen molar-refractivity contribution < 1.29 is 22.7 Å². The van der Waals surface area contributed by atoms with E-state index in [-0.39, 0.29) is 29.7 Å². The lowest BCUT2D eigenvalue weighted by Gasteiger charge is -2.34. The summed E-state index contributed by atoms with van der Waals surface area (Å²) in [6.45, 7) is 4.05. The van der Waals surface area contributed by atoms with E-state index in [4.69, 9.17) is 4.74 Å². The number of rotatable bonds is 14. The van der Waals surface area contributed by atoms with Gasteiger partial charge < -0.3 is 15.0 Å². The number of nitrogens with zero attached hydrogens (tertiary/aromatic N) is 2. The predicted octanol–water partition coefficient (Wildman–Crippen LogP) is 5.30. The lowest BCUT2D eigenvalue weighted by atomic mass is 10.0. The van der Waals surface area contributed by atoms with Crippen molar-refractivity contribution in [3.8, 4) is 5.75 Å². The number of nitrogens with one attached hydrogen (secondary N) is 1. The van der Waals surface area contributed by atoms with Crippen molar-refractivity contribution in [2.24, 2.45) is 5.92 Å². The van der Waals surface area contributed by atoms with Gasteiger partial charge in [0, 0.05) is 19.5 Å². The maximum Gasteiger partial charge on any atom is 0.264 e. The van der Waals surface area contributed by atoms with Gasteiger partial charge in [0.25, 0.3) is 10.0 Å². The van der Waals surface area contributed by atoms with E-state index in [9.17, 15) is 18.0 Å². The summed E-state index contributed by atoms with van der Waals surface area (Å²) < 4.78 is 34.4. The first-order valence-electron chi connectivity index (χ1n) is 14.6. The Morgan fingerprint density at radius 1 is 0.773 bits per heavy atom. The lowest BCUT2D eigenvalue weighted by Crippen LogP contribution is -2.53. The Labute approximate surface area is 260 Å². The third kappa shape index (κ3) is 8.48. The van der Waals surface area contributed by atoms with E-state index in [2.05, 4.69) is 5.32 Å². The maximum atomic E-state index is 14.4. The van der Waals surface area contributed by atoms with Gasteiger partial charge >= 0.3 is 0 Å². The Kier molecular flexibility index (Phi) is 11.2. The molecule has 0 saturated carbocycles. The van der Waals surface area contributed by atoms with Gasteiger partial charge in [-0.2, -0.15) is 0 Å². The minimum Gasteiger partial charge on any atom is -0.497 e. The lowest BCUT2D eigenvalue weighted by molar-refractivity contribution is -0.140. The van der Waals surface area contributed by atoms with Crippen LogP contribution in [0.5, 0.6) is 5.75 Å². The van der Waals surface area contributed by atoms with E-state index >= 15 is 0 Å². The van der Waals surface area contributed by atoms with Crippen LogP contribution < -0.4 is 14.4 Å². The molecule has 0 saturated heterocycles. The second-order valence-electron chi connectivity index (χ2n) is 10.9. The van der Waals surface area contributed by atoms with Gasteiger partial charge in [0.1, 0.15) is 18.3 Å². The number of carbonyl (C=O) groups is 2. The zero-order valence-corrected chi connectivity index (χ0v) is 26.1. The number of methoxy groups -OCH3 is 1. The van der Waals surface area contributed by atoms with Crippen molar-refractivity contribution in [3.63, 3.8) is 0 Å². The molecule has 2 amide bonds. The third-order valence-corrected chi connectivity index (χ3v) is 8.91.